The molecule has 4 heteroatoms. The van der Waals surface area contributed by atoms with Gasteiger partial charge in [-0.2, -0.15) is 0 Å². The van der Waals surface area contributed by atoms with E-state index in [1.807, 2.05) is 24.4 Å². The Morgan fingerprint density at radius 2 is 2.00 bits per heavy atom. The maximum absolute atomic E-state index is 12.4. The van der Waals surface area contributed by atoms with E-state index in [0.29, 0.717) is 5.92 Å². The lowest BCUT2D eigenvalue weighted by Gasteiger charge is -2.41. The molecule has 0 N–H and O–H groups in total. The van der Waals surface area contributed by atoms with E-state index in [1.54, 1.807) is 0 Å². The van der Waals surface area contributed by atoms with Crippen LogP contribution in [0.2, 0.25) is 0 Å². The van der Waals surface area contributed by atoms with E-state index >= 15 is 0 Å². The second kappa shape index (κ2) is 5.54. The van der Waals surface area contributed by atoms with Crippen molar-refractivity contribution in [3.8, 4) is 11.3 Å². The minimum atomic E-state index is -0.485. The number of pyridine rings is 1. The van der Waals surface area contributed by atoms with Crippen LogP contribution < -0.4 is 0 Å². The van der Waals surface area contributed by atoms with Crippen LogP contribution in [0.4, 0.5) is 0 Å². The number of benzene rings is 1. The van der Waals surface area contributed by atoms with Gasteiger partial charge in [0.15, 0.2) is 0 Å². The quantitative estimate of drug-likeness (QED) is 0.760. The molecule has 2 unspecified atom stereocenters. The van der Waals surface area contributed by atoms with Gasteiger partial charge in [-0.05, 0) is 36.8 Å². The fourth-order valence-corrected chi connectivity index (χ4v) is 5.99. The second-order valence-corrected chi connectivity index (χ2v) is 8.80. The molecule has 1 aromatic heterocycles. The van der Waals surface area contributed by atoms with Crippen molar-refractivity contribution in [1.82, 2.24) is 4.98 Å². The molecular weight excluding hydrogens is 350 g/mol. The van der Waals surface area contributed by atoms with Gasteiger partial charge in [-0.25, -0.2) is 4.79 Å². The SMILES string of the molecule is C[C@@H]1C=C2C(=O)O[C@@H]3CCC4CC1(Cc1ccc(-c5ccccc5)nc1)O[C@]243. The summed E-state index contributed by atoms with van der Waals surface area (Å²) < 4.78 is 12.5. The van der Waals surface area contributed by atoms with Crippen LogP contribution in [0, 0.1) is 11.8 Å². The van der Waals surface area contributed by atoms with Crippen LogP contribution in [0.5, 0.6) is 0 Å². The molecule has 1 saturated carbocycles. The highest BCUT2D eigenvalue weighted by molar-refractivity contribution is 5.94. The molecule has 1 spiro atoms. The van der Waals surface area contributed by atoms with Gasteiger partial charge in [-0.15, -0.1) is 0 Å². The second-order valence-electron chi connectivity index (χ2n) is 8.80. The minimum absolute atomic E-state index is 0.0933. The van der Waals surface area contributed by atoms with Crippen LogP contribution in [0.15, 0.2) is 60.3 Å². The standard InChI is InChI=1S/C24H23NO3/c1-15-11-19-22(26)27-21-10-8-18-13-23(15,28-24(18,19)21)12-16-7-9-20(25-14-16)17-5-3-2-4-6-17/h2-7,9,11,14-15,18,21H,8,10,12-13H2,1H3/t15-,18?,21-,23?,24+/m1/s1. The summed E-state index contributed by atoms with van der Waals surface area (Å²) in [7, 11) is 0. The van der Waals surface area contributed by atoms with Gasteiger partial charge in [0, 0.05) is 24.1 Å². The first-order chi connectivity index (χ1) is 13.6. The predicted molar refractivity (Wildman–Crippen MR) is 104 cm³/mol. The number of rotatable bonds is 3. The normalized spacial score (nSPS) is 37.5. The van der Waals surface area contributed by atoms with Crippen molar-refractivity contribution < 1.29 is 14.3 Å². The highest BCUT2D eigenvalue weighted by Gasteiger charge is 2.72. The first-order valence-corrected chi connectivity index (χ1v) is 10.2. The Hall–Kier alpha value is -2.46. The summed E-state index contributed by atoms with van der Waals surface area (Å²) in [6.45, 7) is 2.17. The number of fused-ring (bicyclic) bond motifs is 1. The number of aromatic nitrogens is 1. The van der Waals surface area contributed by atoms with Gasteiger partial charge in [0.2, 0.25) is 0 Å². The molecular formula is C24H23NO3. The smallest absolute Gasteiger partial charge is 0.337 e. The van der Waals surface area contributed by atoms with E-state index < -0.39 is 5.60 Å². The maximum Gasteiger partial charge on any atom is 0.337 e. The number of esters is 1. The predicted octanol–water partition coefficient (Wildman–Crippen LogP) is 4.10. The third kappa shape index (κ3) is 2.04. The zero-order valence-electron chi connectivity index (χ0n) is 15.9. The van der Waals surface area contributed by atoms with Crippen molar-refractivity contribution in [3.05, 3.63) is 65.9 Å². The Bertz CT molecular complexity index is 983. The molecule has 2 aromatic rings. The van der Waals surface area contributed by atoms with Gasteiger partial charge in [0.1, 0.15) is 11.7 Å². The first kappa shape index (κ1) is 16.5. The van der Waals surface area contributed by atoms with Gasteiger partial charge >= 0.3 is 5.97 Å². The number of hydrogen-bond donors (Lipinski definition) is 0. The zero-order valence-corrected chi connectivity index (χ0v) is 15.9. The van der Waals surface area contributed by atoms with Gasteiger partial charge in [0.25, 0.3) is 0 Å². The number of carbonyl (C=O) groups is 1. The Labute approximate surface area is 164 Å². The fraction of sp³-hybridized carbons (Fsp3) is 0.417. The molecule has 4 aliphatic rings. The maximum atomic E-state index is 12.4. The lowest BCUT2D eigenvalue weighted by molar-refractivity contribution is -0.149. The lowest BCUT2D eigenvalue weighted by atomic mass is 9.79. The van der Waals surface area contributed by atoms with E-state index in [1.165, 1.54) is 5.56 Å². The molecule has 2 bridgehead atoms. The molecule has 0 radical (unpaired) electrons. The Balaban J connectivity index is 1.33. The average Bonchev–Trinajstić information content (AvgIpc) is 3.27. The summed E-state index contributed by atoms with van der Waals surface area (Å²) in [6.07, 6.45) is 7.83. The van der Waals surface area contributed by atoms with E-state index in [0.717, 1.165) is 42.5 Å². The molecule has 0 amide bonds. The summed E-state index contributed by atoms with van der Waals surface area (Å²) in [4.78, 5) is 17.1. The van der Waals surface area contributed by atoms with Crippen LogP contribution in [0.1, 0.15) is 31.7 Å². The molecule has 3 aliphatic heterocycles. The third-order valence-electron chi connectivity index (χ3n) is 7.36. The Morgan fingerprint density at radius 1 is 1.14 bits per heavy atom. The number of carbonyl (C=O) groups excluding carboxylic acids is 1. The van der Waals surface area contributed by atoms with Crippen molar-refractivity contribution in [2.24, 2.45) is 11.8 Å². The monoisotopic (exact) mass is 373 g/mol. The average molecular weight is 373 g/mol. The molecule has 2 saturated heterocycles. The highest BCUT2D eigenvalue weighted by atomic mass is 16.6. The van der Waals surface area contributed by atoms with Crippen molar-refractivity contribution in [1.29, 1.82) is 0 Å². The van der Waals surface area contributed by atoms with Crippen LogP contribution in [-0.2, 0) is 20.7 Å². The Kier molecular flexibility index (Phi) is 3.26. The van der Waals surface area contributed by atoms with Crippen molar-refractivity contribution in [3.63, 3.8) is 0 Å². The Morgan fingerprint density at radius 3 is 2.79 bits per heavy atom. The molecule has 142 valence electrons. The van der Waals surface area contributed by atoms with Crippen LogP contribution in [0.25, 0.3) is 11.3 Å². The summed E-state index contributed by atoms with van der Waals surface area (Å²) in [5, 5.41) is 0. The van der Waals surface area contributed by atoms with Gasteiger partial charge in [0.05, 0.1) is 16.9 Å². The topological polar surface area (TPSA) is 48.4 Å². The van der Waals surface area contributed by atoms with Crippen molar-refractivity contribution >= 4 is 5.97 Å². The van der Waals surface area contributed by atoms with E-state index in [4.69, 9.17) is 14.5 Å². The summed E-state index contributed by atoms with van der Waals surface area (Å²) >= 11 is 0. The van der Waals surface area contributed by atoms with Gasteiger partial charge in [-0.1, -0.05) is 49.4 Å². The zero-order chi connectivity index (χ0) is 18.9. The first-order valence-electron chi connectivity index (χ1n) is 10.2. The van der Waals surface area contributed by atoms with Crippen LogP contribution in [-0.4, -0.2) is 28.3 Å². The summed E-state index contributed by atoms with van der Waals surface area (Å²) in [6, 6.07) is 14.5. The van der Waals surface area contributed by atoms with Crippen molar-refractivity contribution in [2.45, 2.75) is 49.9 Å². The van der Waals surface area contributed by atoms with E-state index in [2.05, 4.69) is 37.3 Å². The number of ether oxygens (including phenoxy) is 2. The molecule has 4 heterocycles. The largest absolute Gasteiger partial charge is 0.455 e. The molecule has 3 fully saturated rings. The number of hydrogen-bond acceptors (Lipinski definition) is 4. The van der Waals surface area contributed by atoms with E-state index in [-0.39, 0.29) is 23.6 Å². The van der Waals surface area contributed by atoms with Crippen molar-refractivity contribution in [2.75, 3.05) is 0 Å². The summed E-state index contributed by atoms with van der Waals surface area (Å²) in [5.41, 5.74) is 3.33. The molecule has 28 heavy (non-hydrogen) atoms. The van der Waals surface area contributed by atoms with E-state index in [9.17, 15) is 4.79 Å². The summed E-state index contributed by atoms with van der Waals surface area (Å²) in [5.74, 6) is 0.404. The lowest BCUT2D eigenvalue weighted by Crippen LogP contribution is -2.49. The van der Waals surface area contributed by atoms with Crippen LogP contribution in [0.3, 0.4) is 0 Å². The fourth-order valence-electron chi connectivity index (χ4n) is 5.99. The molecule has 5 atom stereocenters. The van der Waals surface area contributed by atoms with Gasteiger partial charge < -0.3 is 9.47 Å². The molecule has 4 nitrogen and oxygen atoms in total. The third-order valence-corrected chi connectivity index (χ3v) is 7.36. The molecule has 1 aromatic carbocycles. The molecule has 1 aliphatic carbocycles. The minimum Gasteiger partial charge on any atom is -0.455 e. The number of nitrogens with zero attached hydrogens (tertiary/aromatic N) is 1. The molecule has 6 rings (SSSR count). The highest BCUT2D eigenvalue weighted by Crippen LogP contribution is 2.64. The van der Waals surface area contributed by atoms with Crippen LogP contribution >= 0.6 is 0 Å². The van der Waals surface area contributed by atoms with Gasteiger partial charge in [-0.3, -0.25) is 4.98 Å².